The van der Waals surface area contributed by atoms with Crippen molar-refractivity contribution in [2.45, 2.75) is 42.6 Å². The van der Waals surface area contributed by atoms with E-state index < -0.39 is 0 Å². The number of aromatic nitrogens is 3. The van der Waals surface area contributed by atoms with Crippen LogP contribution >= 0.6 is 23.1 Å². The van der Waals surface area contributed by atoms with Crippen LogP contribution in [0.5, 0.6) is 0 Å². The predicted molar refractivity (Wildman–Crippen MR) is 123 cm³/mol. The number of fused-ring (bicyclic) bond motifs is 1. The number of thioether (sulfide) groups is 1. The fraction of sp³-hybridized carbons (Fsp3) is 0.261. The number of hydrogen-bond donors (Lipinski definition) is 1. The van der Waals surface area contributed by atoms with Crippen molar-refractivity contribution in [2.75, 3.05) is 5.32 Å². The molecule has 152 valence electrons. The van der Waals surface area contributed by atoms with Crippen molar-refractivity contribution in [3.05, 3.63) is 70.7 Å². The number of hydrogen-bond acceptors (Lipinski definition) is 5. The molecule has 0 radical (unpaired) electrons. The van der Waals surface area contributed by atoms with Crippen molar-refractivity contribution in [3.8, 4) is 0 Å². The normalized spacial score (nSPS) is 14.7. The minimum Gasteiger partial charge on any atom is -0.325 e. The lowest BCUT2D eigenvalue weighted by Crippen LogP contribution is -2.23. The van der Waals surface area contributed by atoms with E-state index >= 15 is 0 Å². The molecule has 1 saturated carbocycles. The molecule has 1 unspecified atom stereocenters. The van der Waals surface area contributed by atoms with Gasteiger partial charge in [0, 0.05) is 28.4 Å². The van der Waals surface area contributed by atoms with Gasteiger partial charge >= 0.3 is 0 Å². The van der Waals surface area contributed by atoms with Gasteiger partial charge in [0.25, 0.3) is 0 Å². The topological polar surface area (TPSA) is 59.8 Å². The molecule has 30 heavy (non-hydrogen) atoms. The van der Waals surface area contributed by atoms with Gasteiger partial charge in [-0.1, -0.05) is 54.2 Å². The van der Waals surface area contributed by atoms with Gasteiger partial charge in [-0.3, -0.25) is 4.79 Å². The molecule has 5 nitrogen and oxygen atoms in total. The minimum atomic E-state index is -0.278. The Hall–Kier alpha value is -2.64. The van der Waals surface area contributed by atoms with Crippen LogP contribution in [0.25, 0.3) is 10.8 Å². The second kappa shape index (κ2) is 8.24. The smallest absolute Gasteiger partial charge is 0.237 e. The summed E-state index contributed by atoms with van der Waals surface area (Å²) < 4.78 is 2.24. The van der Waals surface area contributed by atoms with Crippen LogP contribution in [0.4, 0.5) is 5.69 Å². The fourth-order valence-electron chi connectivity index (χ4n) is 3.56. The number of nitrogens with one attached hydrogen (secondary N) is 1. The van der Waals surface area contributed by atoms with Crippen molar-refractivity contribution >= 4 is 45.5 Å². The molecule has 1 N–H and O–H groups in total. The molecule has 2 aromatic carbocycles. The Balaban J connectivity index is 1.33. The van der Waals surface area contributed by atoms with Gasteiger partial charge < -0.3 is 9.88 Å². The highest BCUT2D eigenvalue weighted by Crippen LogP contribution is 2.40. The number of benzene rings is 2. The van der Waals surface area contributed by atoms with Crippen molar-refractivity contribution in [1.82, 2.24) is 14.8 Å². The first-order valence-electron chi connectivity index (χ1n) is 10.1. The van der Waals surface area contributed by atoms with E-state index in [0.29, 0.717) is 6.04 Å². The largest absolute Gasteiger partial charge is 0.325 e. The van der Waals surface area contributed by atoms with Crippen LogP contribution in [0.2, 0.25) is 0 Å². The zero-order chi connectivity index (χ0) is 20.5. The Kier molecular flexibility index (Phi) is 5.31. The van der Waals surface area contributed by atoms with Crippen LogP contribution in [-0.4, -0.2) is 25.9 Å². The standard InChI is InChI=1S/C23H22N4OS2/c1-15(22(28)24-20-10-4-7-16-6-2-3-9-19(16)20)30-23-26-25-21(27(23)17-11-12-17)14-18-8-5-13-29-18/h2-10,13,15,17H,11-12,14H2,1H3,(H,24,28). The number of thiophene rings is 1. The average molecular weight is 435 g/mol. The number of carbonyl (C=O) groups is 1. The molecular formula is C23H22N4OS2. The molecule has 4 aromatic rings. The third kappa shape index (κ3) is 4.00. The van der Waals surface area contributed by atoms with Crippen LogP contribution in [0.1, 0.15) is 36.5 Å². The molecule has 5 rings (SSSR count). The van der Waals surface area contributed by atoms with Crippen LogP contribution in [-0.2, 0) is 11.2 Å². The second-order valence-corrected chi connectivity index (χ2v) is 9.87. The van der Waals surface area contributed by atoms with Crippen LogP contribution < -0.4 is 5.32 Å². The van der Waals surface area contributed by atoms with E-state index in [0.717, 1.165) is 46.7 Å². The summed E-state index contributed by atoms with van der Waals surface area (Å²) in [7, 11) is 0. The SMILES string of the molecule is CC(Sc1nnc(Cc2cccs2)n1C1CC1)C(=O)Nc1cccc2ccccc12. The monoisotopic (exact) mass is 434 g/mol. The maximum absolute atomic E-state index is 12.9. The second-order valence-electron chi connectivity index (χ2n) is 7.53. The van der Waals surface area contributed by atoms with Crippen LogP contribution in [0.15, 0.2) is 65.1 Å². The molecule has 1 atom stereocenters. The van der Waals surface area contributed by atoms with Crippen molar-refractivity contribution in [1.29, 1.82) is 0 Å². The highest BCUT2D eigenvalue weighted by molar-refractivity contribution is 8.00. The molecule has 1 aliphatic carbocycles. The van der Waals surface area contributed by atoms with Gasteiger partial charge in [-0.05, 0) is 42.7 Å². The third-order valence-electron chi connectivity index (χ3n) is 5.26. The molecule has 0 bridgehead atoms. The summed E-state index contributed by atoms with van der Waals surface area (Å²) >= 11 is 3.22. The number of carbonyl (C=O) groups excluding carboxylic acids is 1. The third-order valence-corrected chi connectivity index (χ3v) is 7.19. The molecule has 1 aliphatic rings. The lowest BCUT2D eigenvalue weighted by Gasteiger charge is -2.14. The Morgan fingerprint density at radius 2 is 2.00 bits per heavy atom. The zero-order valence-corrected chi connectivity index (χ0v) is 18.2. The van der Waals surface area contributed by atoms with Gasteiger partial charge in [-0.15, -0.1) is 21.5 Å². The van der Waals surface area contributed by atoms with Gasteiger partial charge in [0.2, 0.25) is 5.91 Å². The van der Waals surface area contributed by atoms with E-state index in [2.05, 4.69) is 49.7 Å². The first-order valence-corrected chi connectivity index (χ1v) is 11.9. The predicted octanol–water partition coefficient (Wildman–Crippen LogP) is 5.54. The average Bonchev–Trinajstić information content (AvgIpc) is 3.32. The number of rotatable bonds is 7. The van der Waals surface area contributed by atoms with E-state index in [9.17, 15) is 4.79 Å². The zero-order valence-electron chi connectivity index (χ0n) is 16.6. The van der Waals surface area contributed by atoms with Crippen molar-refractivity contribution in [2.24, 2.45) is 0 Å². The molecule has 7 heteroatoms. The maximum atomic E-state index is 12.9. The summed E-state index contributed by atoms with van der Waals surface area (Å²) in [5.41, 5.74) is 0.840. The highest BCUT2D eigenvalue weighted by atomic mass is 32.2. The maximum Gasteiger partial charge on any atom is 0.237 e. The number of nitrogens with zero attached hydrogens (tertiary/aromatic N) is 3. The van der Waals surface area contributed by atoms with Gasteiger partial charge in [0.1, 0.15) is 5.82 Å². The molecule has 1 amide bonds. The first kappa shape index (κ1) is 19.3. The summed E-state index contributed by atoms with van der Waals surface area (Å²) in [4.78, 5) is 14.2. The number of amides is 1. The molecular weight excluding hydrogens is 412 g/mol. The summed E-state index contributed by atoms with van der Waals surface area (Å²) in [5.74, 6) is 0.964. The molecule has 0 aliphatic heterocycles. The summed E-state index contributed by atoms with van der Waals surface area (Å²) in [5, 5.41) is 16.8. The van der Waals surface area contributed by atoms with E-state index in [1.165, 1.54) is 16.6 Å². The Morgan fingerprint density at radius 1 is 1.17 bits per heavy atom. The van der Waals surface area contributed by atoms with Crippen molar-refractivity contribution < 1.29 is 4.79 Å². The Morgan fingerprint density at radius 3 is 2.80 bits per heavy atom. The summed E-state index contributed by atoms with van der Waals surface area (Å²) in [6, 6.07) is 18.7. The molecule has 2 heterocycles. The van der Waals surface area contributed by atoms with Gasteiger partial charge in [-0.2, -0.15) is 0 Å². The first-order chi connectivity index (χ1) is 14.7. The van der Waals surface area contributed by atoms with E-state index in [-0.39, 0.29) is 11.2 Å². The quantitative estimate of drug-likeness (QED) is 0.388. The van der Waals surface area contributed by atoms with E-state index in [1.807, 2.05) is 37.3 Å². The molecule has 1 fully saturated rings. The fourth-order valence-corrected chi connectivity index (χ4v) is 5.20. The van der Waals surface area contributed by atoms with Gasteiger partial charge in [-0.25, -0.2) is 0 Å². The van der Waals surface area contributed by atoms with E-state index in [4.69, 9.17) is 0 Å². The van der Waals surface area contributed by atoms with Crippen molar-refractivity contribution in [3.63, 3.8) is 0 Å². The Bertz CT molecular complexity index is 1180. The summed E-state index contributed by atoms with van der Waals surface area (Å²) in [6.45, 7) is 1.93. The van der Waals surface area contributed by atoms with Crippen LogP contribution in [0.3, 0.4) is 0 Å². The molecule has 0 saturated heterocycles. The van der Waals surface area contributed by atoms with E-state index in [1.54, 1.807) is 11.3 Å². The highest BCUT2D eigenvalue weighted by Gasteiger charge is 2.31. The lowest BCUT2D eigenvalue weighted by molar-refractivity contribution is -0.115. The minimum absolute atomic E-state index is 0.0264. The Labute approximate surface area is 183 Å². The van der Waals surface area contributed by atoms with Gasteiger partial charge in [0.15, 0.2) is 5.16 Å². The summed E-state index contributed by atoms with van der Waals surface area (Å²) in [6.07, 6.45) is 3.09. The lowest BCUT2D eigenvalue weighted by atomic mass is 10.1. The molecule has 0 spiro atoms. The van der Waals surface area contributed by atoms with Crippen LogP contribution in [0, 0.1) is 0 Å². The van der Waals surface area contributed by atoms with Gasteiger partial charge in [0.05, 0.1) is 5.25 Å². The number of anilines is 1. The molecule has 2 aromatic heterocycles.